The number of pyridine rings is 2. The first-order valence-electron chi connectivity index (χ1n) is 8.49. The second kappa shape index (κ2) is 6.04. The van der Waals surface area contributed by atoms with E-state index in [-0.39, 0.29) is 11.6 Å². The molecule has 6 heteroatoms. The van der Waals surface area contributed by atoms with Gasteiger partial charge >= 0.3 is 0 Å². The maximum Gasteiger partial charge on any atom is 0.244 e. The largest absolute Gasteiger partial charge is 0.337 e. The molecule has 0 amide bonds. The van der Waals surface area contributed by atoms with Gasteiger partial charge in [-0.05, 0) is 58.0 Å². The first kappa shape index (κ1) is 15.9. The number of nitrogens with zero attached hydrogens (tertiary/aromatic N) is 5. The van der Waals surface area contributed by atoms with Crippen molar-refractivity contribution >= 4 is 0 Å². The van der Waals surface area contributed by atoms with Crippen molar-refractivity contribution in [3.63, 3.8) is 0 Å². The van der Waals surface area contributed by atoms with Crippen molar-refractivity contribution in [3.05, 3.63) is 48.6 Å². The van der Waals surface area contributed by atoms with Crippen molar-refractivity contribution in [2.45, 2.75) is 38.3 Å². The monoisotopic (exact) mass is 335 g/mol. The van der Waals surface area contributed by atoms with E-state index in [9.17, 15) is 0 Å². The Morgan fingerprint density at radius 2 is 2.00 bits per heavy atom. The van der Waals surface area contributed by atoms with Gasteiger partial charge in [-0.2, -0.15) is 4.98 Å². The summed E-state index contributed by atoms with van der Waals surface area (Å²) in [6.45, 7) is 4.48. The summed E-state index contributed by atoms with van der Waals surface area (Å²) < 4.78 is 5.53. The SMILES string of the molecule is CN1C(c2nc(-c3ccc(-c4ccccn4)cn3)no2)CCC1(C)C. The summed E-state index contributed by atoms with van der Waals surface area (Å²) in [5.41, 5.74) is 2.71. The molecule has 0 spiro atoms. The van der Waals surface area contributed by atoms with E-state index in [0.717, 1.165) is 24.1 Å². The molecule has 1 aliphatic rings. The summed E-state index contributed by atoms with van der Waals surface area (Å²) in [5, 5.41) is 4.12. The van der Waals surface area contributed by atoms with E-state index < -0.39 is 0 Å². The van der Waals surface area contributed by atoms with Crippen LogP contribution in [-0.4, -0.2) is 37.6 Å². The fraction of sp³-hybridized carbons (Fsp3) is 0.368. The zero-order valence-electron chi connectivity index (χ0n) is 14.7. The molecule has 1 aliphatic heterocycles. The second-order valence-corrected chi connectivity index (χ2v) is 7.08. The molecule has 0 aliphatic carbocycles. The Hall–Kier alpha value is -2.60. The predicted molar refractivity (Wildman–Crippen MR) is 94.6 cm³/mol. The van der Waals surface area contributed by atoms with Gasteiger partial charge in [0.1, 0.15) is 5.69 Å². The zero-order valence-corrected chi connectivity index (χ0v) is 14.7. The molecular weight excluding hydrogens is 314 g/mol. The number of hydrogen-bond acceptors (Lipinski definition) is 6. The van der Waals surface area contributed by atoms with Gasteiger partial charge in [-0.3, -0.25) is 14.9 Å². The fourth-order valence-electron chi connectivity index (χ4n) is 3.26. The Kier molecular flexibility index (Phi) is 3.84. The van der Waals surface area contributed by atoms with Gasteiger partial charge in [0, 0.05) is 23.5 Å². The van der Waals surface area contributed by atoms with E-state index in [0.29, 0.717) is 17.4 Å². The van der Waals surface area contributed by atoms with Crippen LogP contribution >= 0.6 is 0 Å². The third-order valence-electron chi connectivity index (χ3n) is 5.13. The van der Waals surface area contributed by atoms with Crippen molar-refractivity contribution in [2.75, 3.05) is 7.05 Å². The summed E-state index contributed by atoms with van der Waals surface area (Å²) in [6, 6.07) is 9.87. The van der Waals surface area contributed by atoms with Crippen LogP contribution in [-0.2, 0) is 0 Å². The molecule has 1 fully saturated rings. The lowest BCUT2D eigenvalue weighted by molar-refractivity contribution is 0.146. The summed E-state index contributed by atoms with van der Waals surface area (Å²) >= 11 is 0. The molecule has 4 heterocycles. The van der Waals surface area contributed by atoms with E-state index in [1.807, 2.05) is 30.3 Å². The van der Waals surface area contributed by atoms with Gasteiger partial charge in [0.05, 0.1) is 11.7 Å². The van der Waals surface area contributed by atoms with E-state index in [1.54, 1.807) is 12.4 Å². The van der Waals surface area contributed by atoms with E-state index in [4.69, 9.17) is 4.52 Å². The smallest absolute Gasteiger partial charge is 0.244 e. The van der Waals surface area contributed by atoms with Gasteiger partial charge in [-0.15, -0.1) is 0 Å². The van der Waals surface area contributed by atoms with Gasteiger partial charge in [-0.25, -0.2) is 0 Å². The van der Waals surface area contributed by atoms with E-state index in [1.165, 1.54) is 0 Å². The predicted octanol–water partition coefficient (Wildman–Crippen LogP) is 3.74. The third-order valence-corrected chi connectivity index (χ3v) is 5.13. The molecule has 0 radical (unpaired) electrons. The zero-order chi connectivity index (χ0) is 17.4. The number of hydrogen-bond donors (Lipinski definition) is 0. The van der Waals surface area contributed by atoms with Gasteiger partial charge in [-0.1, -0.05) is 11.2 Å². The van der Waals surface area contributed by atoms with Crippen LogP contribution in [0.5, 0.6) is 0 Å². The second-order valence-electron chi connectivity index (χ2n) is 7.08. The lowest BCUT2D eigenvalue weighted by Crippen LogP contribution is -2.36. The van der Waals surface area contributed by atoms with E-state index >= 15 is 0 Å². The minimum atomic E-state index is 0.155. The van der Waals surface area contributed by atoms with Gasteiger partial charge in [0.15, 0.2) is 0 Å². The normalized spacial score (nSPS) is 20.0. The quantitative estimate of drug-likeness (QED) is 0.726. The minimum absolute atomic E-state index is 0.155. The van der Waals surface area contributed by atoms with Crippen LogP contribution in [0.2, 0.25) is 0 Å². The first-order valence-corrected chi connectivity index (χ1v) is 8.49. The molecule has 1 saturated heterocycles. The molecule has 0 bridgehead atoms. The first-order chi connectivity index (χ1) is 12.0. The molecule has 128 valence electrons. The van der Waals surface area contributed by atoms with Crippen LogP contribution < -0.4 is 0 Å². The van der Waals surface area contributed by atoms with Crippen molar-refractivity contribution < 1.29 is 4.52 Å². The minimum Gasteiger partial charge on any atom is -0.337 e. The highest BCUT2D eigenvalue weighted by atomic mass is 16.5. The molecule has 4 rings (SSSR count). The lowest BCUT2D eigenvalue weighted by Gasteiger charge is -2.30. The molecule has 1 unspecified atom stereocenters. The molecule has 6 nitrogen and oxygen atoms in total. The average molecular weight is 335 g/mol. The summed E-state index contributed by atoms with van der Waals surface area (Å²) in [4.78, 5) is 15.7. The maximum absolute atomic E-state index is 5.53. The Bertz CT molecular complexity index is 857. The number of aromatic nitrogens is 4. The van der Waals surface area contributed by atoms with Crippen LogP contribution in [0.3, 0.4) is 0 Å². The summed E-state index contributed by atoms with van der Waals surface area (Å²) in [7, 11) is 2.11. The van der Waals surface area contributed by atoms with E-state index in [2.05, 4.69) is 45.9 Å². The van der Waals surface area contributed by atoms with Crippen LogP contribution in [0.4, 0.5) is 0 Å². The van der Waals surface area contributed by atoms with Crippen molar-refractivity contribution in [1.82, 2.24) is 25.0 Å². The Labute approximate surface area is 146 Å². The summed E-state index contributed by atoms with van der Waals surface area (Å²) in [5.74, 6) is 1.19. The van der Waals surface area contributed by atoms with Crippen molar-refractivity contribution in [3.8, 4) is 22.8 Å². The lowest BCUT2D eigenvalue weighted by atomic mass is 10.0. The highest BCUT2D eigenvalue weighted by Gasteiger charge is 2.40. The Balaban J connectivity index is 1.57. The summed E-state index contributed by atoms with van der Waals surface area (Å²) in [6.07, 6.45) is 5.70. The van der Waals surface area contributed by atoms with Gasteiger partial charge in [0.25, 0.3) is 0 Å². The molecule has 3 aromatic heterocycles. The maximum atomic E-state index is 5.53. The molecule has 0 N–H and O–H groups in total. The molecule has 25 heavy (non-hydrogen) atoms. The van der Waals surface area contributed by atoms with Crippen LogP contribution in [0.15, 0.2) is 47.2 Å². The van der Waals surface area contributed by atoms with Crippen LogP contribution in [0, 0.1) is 0 Å². The van der Waals surface area contributed by atoms with Gasteiger partial charge in [0.2, 0.25) is 11.7 Å². The highest BCUT2D eigenvalue weighted by molar-refractivity contribution is 5.60. The Morgan fingerprint density at radius 1 is 1.12 bits per heavy atom. The number of likely N-dealkylation sites (tertiary alicyclic amines) is 1. The average Bonchev–Trinajstić information content (AvgIpc) is 3.21. The number of rotatable bonds is 3. The topological polar surface area (TPSA) is 67.9 Å². The highest BCUT2D eigenvalue weighted by Crippen LogP contribution is 2.40. The van der Waals surface area contributed by atoms with Gasteiger partial charge < -0.3 is 4.52 Å². The molecule has 0 aromatic carbocycles. The molecule has 0 saturated carbocycles. The van der Waals surface area contributed by atoms with Crippen LogP contribution in [0.25, 0.3) is 22.8 Å². The van der Waals surface area contributed by atoms with Crippen LogP contribution in [0.1, 0.15) is 38.6 Å². The van der Waals surface area contributed by atoms with Crippen molar-refractivity contribution in [1.29, 1.82) is 0 Å². The molecule has 3 aromatic rings. The third kappa shape index (κ3) is 2.93. The molecule has 1 atom stereocenters. The Morgan fingerprint density at radius 3 is 2.64 bits per heavy atom. The molecular formula is C19H21N5O. The standard InChI is InChI=1S/C19H21N5O/c1-19(2)10-9-16(24(19)3)18-22-17(23-25-18)15-8-7-13(12-21-15)14-6-4-5-11-20-14/h4-8,11-12,16H,9-10H2,1-3H3. The van der Waals surface area contributed by atoms with Crippen molar-refractivity contribution in [2.24, 2.45) is 0 Å². The fourth-order valence-corrected chi connectivity index (χ4v) is 3.26.